The predicted molar refractivity (Wildman–Crippen MR) is 80.6 cm³/mol. The van der Waals surface area contributed by atoms with Crippen LogP contribution < -0.4 is 4.74 Å². The fraction of sp³-hybridized carbons (Fsp3) is 0.154. The highest BCUT2D eigenvalue weighted by Gasteiger charge is 2.08. The first-order chi connectivity index (χ1) is 8.47. The van der Waals surface area contributed by atoms with Gasteiger partial charge in [0.1, 0.15) is 10.8 Å². The molecule has 5 heteroatoms. The van der Waals surface area contributed by atoms with E-state index in [4.69, 9.17) is 16.3 Å². The predicted octanol–water partition coefficient (Wildman–Crippen LogP) is 5.67. The van der Waals surface area contributed by atoms with E-state index in [1.54, 1.807) is 12.3 Å². The molecule has 0 aliphatic rings. The summed E-state index contributed by atoms with van der Waals surface area (Å²) in [5.74, 6) is 1.13. The van der Waals surface area contributed by atoms with Crippen LogP contribution in [0.25, 0.3) is 0 Å². The van der Waals surface area contributed by atoms with Crippen molar-refractivity contribution >= 4 is 43.5 Å². The third kappa shape index (κ3) is 3.05. The molecule has 18 heavy (non-hydrogen) atoms. The van der Waals surface area contributed by atoms with Crippen molar-refractivity contribution in [3.63, 3.8) is 0 Å². The van der Waals surface area contributed by atoms with Crippen molar-refractivity contribution in [1.29, 1.82) is 0 Å². The number of hydrogen-bond acceptors (Lipinski definition) is 2. The highest BCUT2D eigenvalue weighted by Crippen LogP contribution is 2.32. The summed E-state index contributed by atoms with van der Waals surface area (Å²) in [6, 6.07) is 5.64. The Kier molecular flexibility index (Phi) is 4.30. The van der Waals surface area contributed by atoms with Gasteiger partial charge in [0.05, 0.1) is 0 Å². The molecule has 0 atom stereocenters. The Bertz CT molecular complexity index is 579. The van der Waals surface area contributed by atoms with E-state index < -0.39 is 0 Å². The zero-order chi connectivity index (χ0) is 13.3. The van der Waals surface area contributed by atoms with Gasteiger partial charge in [-0.25, -0.2) is 4.98 Å². The first-order valence-electron chi connectivity index (χ1n) is 5.23. The number of rotatable bonds is 2. The lowest BCUT2D eigenvalue weighted by Gasteiger charge is -2.10. The molecule has 0 spiro atoms. The minimum atomic E-state index is 0.404. The summed E-state index contributed by atoms with van der Waals surface area (Å²) in [7, 11) is 0. The molecular formula is C13H10Br2ClNO. The van der Waals surface area contributed by atoms with Crippen molar-refractivity contribution in [1.82, 2.24) is 4.98 Å². The molecule has 2 nitrogen and oxygen atoms in total. The number of ether oxygens (including phenoxy) is 1. The van der Waals surface area contributed by atoms with Crippen molar-refractivity contribution < 1.29 is 4.74 Å². The molecule has 0 saturated heterocycles. The summed E-state index contributed by atoms with van der Waals surface area (Å²) in [6.45, 7) is 4.03. The van der Waals surface area contributed by atoms with E-state index in [2.05, 4.69) is 36.8 Å². The monoisotopic (exact) mass is 389 g/mol. The number of pyridine rings is 1. The topological polar surface area (TPSA) is 22.1 Å². The van der Waals surface area contributed by atoms with Gasteiger partial charge in [-0.1, -0.05) is 27.5 Å². The standard InChI is InChI=1S/C13H10Br2ClNO/c1-7-3-10(4-8(2)12(7)15)18-13-11(16)5-9(14)6-17-13/h3-6H,1-2H3. The Balaban J connectivity index is 2.34. The maximum absolute atomic E-state index is 6.06. The minimum Gasteiger partial charge on any atom is -0.438 e. The third-order valence-corrected chi connectivity index (χ3v) is 4.35. The number of hydrogen-bond donors (Lipinski definition) is 0. The molecule has 2 rings (SSSR count). The van der Waals surface area contributed by atoms with Gasteiger partial charge < -0.3 is 4.74 Å². The number of nitrogens with zero attached hydrogens (tertiary/aromatic N) is 1. The van der Waals surface area contributed by atoms with Crippen LogP contribution in [0, 0.1) is 13.8 Å². The van der Waals surface area contributed by atoms with Crippen LogP contribution in [0.3, 0.4) is 0 Å². The van der Waals surface area contributed by atoms with Crippen molar-refractivity contribution in [2.24, 2.45) is 0 Å². The van der Waals surface area contributed by atoms with Gasteiger partial charge in [0.2, 0.25) is 5.88 Å². The smallest absolute Gasteiger partial charge is 0.238 e. The minimum absolute atomic E-state index is 0.404. The van der Waals surface area contributed by atoms with Crippen molar-refractivity contribution in [2.45, 2.75) is 13.8 Å². The second-order valence-corrected chi connectivity index (χ2v) is 6.03. The lowest BCUT2D eigenvalue weighted by Crippen LogP contribution is -1.91. The normalized spacial score (nSPS) is 10.5. The largest absolute Gasteiger partial charge is 0.438 e. The van der Waals surface area contributed by atoms with Crippen LogP contribution in [-0.2, 0) is 0 Å². The summed E-state index contributed by atoms with van der Waals surface area (Å²) in [4.78, 5) is 4.14. The van der Waals surface area contributed by atoms with Gasteiger partial charge in [-0.3, -0.25) is 0 Å². The third-order valence-electron chi connectivity index (χ3n) is 2.40. The molecule has 0 N–H and O–H groups in total. The Morgan fingerprint density at radius 2 is 1.72 bits per heavy atom. The number of benzene rings is 1. The quantitative estimate of drug-likeness (QED) is 0.658. The Morgan fingerprint density at radius 1 is 1.11 bits per heavy atom. The molecule has 1 heterocycles. The Hall–Kier alpha value is -0.580. The molecular weight excluding hydrogens is 381 g/mol. The van der Waals surface area contributed by atoms with Gasteiger partial charge >= 0.3 is 0 Å². The first kappa shape index (κ1) is 13.8. The molecule has 0 amide bonds. The molecule has 0 fully saturated rings. The maximum Gasteiger partial charge on any atom is 0.238 e. The van der Waals surface area contributed by atoms with Gasteiger partial charge in [-0.05, 0) is 59.1 Å². The van der Waals surface area contributed by atoms with E-state index in [1.165, 1.54) is 0 Å². The number of halogens is 3. The molecule has 2 aromatic rings. The van der Waals surface area contributed by atoms with E-state index in [-0.39, 0.29) is 0 Å². The van der Waals surface area contributed by atoms with Crippen LogP contribution in [0.1, 0.15) is 11.1 Å². The Labute approximate surface area is 128 Å². The molecule has 94 valence electrons. The average Bonchev–Trinajstić information content (AvgIpc) is 2.29. The fourth-order valence-corrected chi connectivity index (χ4v) is 2.45. The lowest BCUT2D eigenvalue weighted by molar-refractivity contribution is 0.462. The lowest BCUT2D eigenvalue weighted by atomic mass is 10.1. The molecule has 0 bridgehead atoms. The Morgan fingerprint density at radius 3 is 2.28 bits per heavy atom. The van der Waals surface area contributed by atoms with Crippen molar-refractivity contribution in [2.75, 3.05) is 0 Å². The fourth-order valence-electron chi connectivity index (χ4n) is 1.55. The molecule has 1 aromatic carbocycles. The highest BCUT2D eigenvalue weighted by atomic mass is 79.9. The van der Waals surface area contributed by atoms with Crippen LogP contribution in [0.15, 0.2) is 33.3 Å². The van der Waals surface area contributed by atoms with Crippen LogP contribution >= 0.6 is 43.5 Å². The van der Waals surface area contributed by atoms with Gasteiger partial charge in [0.25, 0.3) is 0 Å². The van der Waals surface area contributed by atoms with E-state index in [1.807, 2.05) is 26.0 Å². The summed E-state index contributed by atoms with van der Waals surface area (Å²) >= 11 is 12.9. The van der Waals surface area contributed by atoms with Crippen LogP contribution in [-0.4, -0.2) is 4.98 Å². The summed E-state index contributed by atoms with van der Waals surface area (Å²) in [6.07, 6.45) is 1.65. The zero-order valence-corrected chi connectivity index (χ0v) is 13.7. The van der Waals surface area contributed by atoms with Gasteiger partial charge in [0.15, 0.2) is 0 Å². The highest BCUT2D eigenvalue weighted by molar-refractivity contribution is 9.10. The van der Waals surface area contributed by atoms with Gasteiger partial charge in [0, 0.05) is 15.1 Å². The van der Waals surface area contributed by atoms with Crippen LogP contribution in [0.2, 0.25) is 5.02 Å². The van der Waals surface area contributed by atoms with E-state index in [9.17, 15) is 0 Å². The first-order valence-corrected chi connectivity index (χ1v) is 7.19. The second kappa shape index (κ2) is 5.59. The van der Waals surface area contributed by atoms with E-state index >= 15 is 0 Å². The van der Waals surface area contributed by atoms with Crippen molar-refractivity contribution in [3.05, 3.63) is 49.5 Å². The molecule has 0 unspecified atom stereocenters. The van der Waals surface area contributed by atoms with Crippen LogP contribution in [0.5, 0.6) is 11.6 Å². The summed E-state index contributed by atoms with van der Waals surface area (Å²) in [5.41, 5.74) is 2.22. The van der Waals surface area contributed by atoms with E-state index in [0.717, 1.165) is 25.8 Å². The molecule has 0 radical (unpaired) electrons. The second-order valence-electron chi connectivity index (χ2n) is 3.91. The molecule has 0 aliphatic heterocycles. The van der Waals surface area contributed by atoms with Crippen LogP contribution in [0.4, 0.5) is 0 Å². The SMILES string of the molecule is Cc1cc(Oc2ncc(Br)cc2Cl)cc(C)c1Br. The maximum atomic E-state index is 6.06. The van der Waals surface area contributed by atoms with Gasteiger partial charge in [-0.15, -0.1) is 0 Å². The molecule has 0 saturated carbocycles. The van der Waals surface area contributed by atoms with E-state index in [0.29, 0.717) is 10.9 Å². The van der Waals surface area contributed by atoms with Crippen molar-refractivity contribution in [3.8, 4) is 11.6 Å². The summed E-state index contributed by atoms with van der Waals surface area (Å²) in [5, 5.41) is 0.475. The summed E-state index contributed by atoms with van der Waals surface area (Å²) < 4.78 is 7.61. The average molecular weight is 391 g/mol. The number of aryl methyl sites for hydroxylation is 2. The molecule has 1 aromatic heterocycles. The molecule has 0 aliphatic carbocycles. The zero-order valence-electron chi connectivity index (χ0n) is 9.80. The van der Waals surface area contributed by atoms with Gasteiger partial charge in [-0.2, -0.15) is 0 Å². The number of aromatic nitrogens is 1.